The van der Waals surface area contributed by atoms with Crippen molar-refractivity contribution in [1.29, 1.82) is 0 Å². The highest BCUT2D eigenvalue weighted by Crippen LogP contribution is 2.27. The van der Waals surface area contributed by atoms with E-state index in [2.05, 4.69) is 16.0 Å². The zero-order valence-corrected chi connectivity index (χ0v) is 13.9. The second kappa shape index (κ2) is 10.4. The molecule has 128 valence electrons. The van der Waals surface area contributed by atoms with Gasteiger partial charge in [-0.2, -0.15) is 0 Å². The Balaban J connectivity index is 2.29. The Morgan fingerprint density at radius 2 is 1.82 bits per heavy atom. The second-order valence-corrected chi connectivity index (χ2v) is 6.39. The first-order chi connectivity index (χ1) is 10.5. The normalized spacial score (nSPS) is 17.1. The minimum absolute atomic E-state index is 0.0230. The number of aliphatic hydroxyl groups excluding tert-OH is 1. The van der Waals surface area contributed by atoms with Crippen molar-refractivity contribution < 1.29 is 14.7 Å². The summed E-state index contributed by atoms with van der Waals surface area (Å²) in [6, 6.07) is -0.113. The van der Waals surface area contributed by atoms with E-state index in [0.29, 0.717) is 18.9 Å². The van der Waals surface area contributed by atoms with Gasteiger partial charge in [-0.1, -0.05) is 19.3 Å². The van der Waals surface area contributed by atoms with Gasteiger partial charge in [0.2, 0.25) is 5.91 Å². The Morgan fingerprint density at radius 3 is 2.41 bits per heavy atom. The van der Waals surface area contributed by atoms with Crippen LogP contribution in [-0.4, -0.2) is 42.3 Å². The summed E-state index contributed by atoms with van der Waals surface area (Å²) in [5.41, 5.74) is 0. The number of urea groups is 1. The molecule has 1 aliphatic carbocycles. The van der Waals surface area contributed by atoms with Crippen molar-refractivity contribution in [1.82, 2.24) is 16.0 Å². The third kappa shape index (κ3) is 7.64. The molecule has 4 N–H and O–H groups in total. The van der Waals surface area contributed by atoms with E-state index < -0.39 is 0 Å². The zero-order valence-electron chi connectivity index (χ0n) is 13.9. The summed E-state index contributed by atoms with van der Waals surface area (Å²) in [6.07, 6.45) is 6.76. The highest BCUT2D eigenvalue weighted by molar-refractivity contribution is 5.78. The van der Waals surface area contributed by atoms with Crippen molar-refractivity contribution in [3.05, 3.63) is 0 Å². The Kier molecular flexibility index (Phi) is 8.89. The largest absolute Gasteiger partial charge is 0.396 e. The van der Waals surface area contributed by atoms with E-state index in [0.717, 1.165) is 12.8 Å². The molecule has 0 bridgehead atoms. The summed E-state index contributed by atoms with van der Waals surface area (Å²) in [5.74, 6) is 0.394. The van der Waals surface area contributed by atoms with Crippen LogP contribution < -0.4 is 16.0 Å². The van der Waals surface area contributed by atoms with Gasteiger partial charge in [0.25, 0.3) is 0 Å². The molecule has 0 aromatic rings. The van der Waals surface area contributed by atoms with Crippen molar-refractivity contribution in [2.24, 2.45) is 5.92 Å². The summed E-state index contributed by atoms with van der Waals surface area (Å²) in [6.45, 7) is 4.21. The Hall–Kier alpha value is -1.30. The van der Waals surface area contributed by atoms with Gasteiger partial charge in [-0.3, -0.25) is 4.79 Å². The fraction of sp³-hybridized carbons (Fsp3) is 0.875. The molecule has 6 heteroatoms. The number of amides is 3. The van der Waals surface area contributed by atoms with Crippen LogP contribution in [0, 0.1) is 5.92 Å². The molecule has 0 radical (unpaired) electrons. The van der Waals surface area contributed by atoms with Crippen LogP contribution >= 0.6 is 0 Å². The van der Waals surface area contributed by atoms with E-state index in [1.807, 2.05) is 13.8 Å². The predicted molar refractivity (Wildman–Crippen MR) is 86.5 cm³/mol. The molecule has 1 unspecified atom stereocenters. The van der Waals surface area contributed by atoms with Gasteiger partial charge in [0.1, 0.15) is 0 Å². The lowest BCUT2D eigenvalue weighted by atomic mass is 9.83. The van der Waals surface area contributed by atoms with Gasteiger partial charge in [-0.25, -0.2) is 4.79 Å². The third-order valence-electron chi connectivity index (χ3n) is 4.06. The number of aliphatic hydroxyl groups is 1. The molecule has 0 aromatic heterocycles. The molecule has 0 aromatic carbocycles. The fourth-order valence-electron chi connectivity index (χ4n) is 3.00. The molecule has 1 fully saturated rings. The van der Waals surface area contributed by atoms with Gasteiger partial charge in [-0.15, -0.1) is 0 Å². The van der Waals surface area contributed by atoms with E-state index in [9.17, 15) is 14.7 Å². The summed E-state index contributed by atoms with van der Waals surface area (Å²) < 4.78 is 0. The van der Waals surface area contributed by atoms with Gasteiger partial charge in [0, 0.05) is 31.7 Å². The van der Waals surface area contributed by atoms with Gasteiger partial charge >= 0.3 is 6.03 Å². The monoisotopic (exact) mass is 313 g/mol. The molecule has 22 heavy (non-hydrogen) atoms. The fourth-order valence-corrected chi connectivity index (χ4v) is 3.00. The lowest BCUT2D eigenvalue weighted by Gasteiger charge is -2.30. The number of hydrogen-bond donors (Lipinski definition) is 4. The molecular formula is C16H31N3O3. The van der Waals surface area contributed by atoms with Crippen molar-refractivity contribution >= 4 is 11.9 Å². The van der Waals surface area contributed by atoms with E-state index in [-0.39, 0.29) is 37.0 Å². The molecule has 6 nitrogen and oxygen atoms in total. The van der Waals surface area contributed by atoms with E-state index in [1.54, 1.807) is 0 Å². The van der Waals surface area contributed by atoms with Gasteiger partial charge in [0.15, 0.2) is 0 Å². The van der Waals surface area contributed by atoms with Crippen LogP contribution in [0.3, 0.4) is 0 Å². The quantitative estimate of drug-likeness (QED) is 0.548. The topological polar surface area (TPSA) is 90.5 Å². The second-order valence-electron chi connectivity index (χ2n) is 6.39. The zero-order chi connectivity index (χ0) is 16.4. The number of hydrogen-bond acceptors (Lipinski definition) is 3. The molecule has 1 atom stereocenters. The van der Waals surface area contributed by atoms with Crippen LogP contribution in [0.15, 0.2) is 0 Å². The smallest absolute Gasteiger partial charge is 0.315 e. The lowest BCUT2D eigenvalue weighted by molar-refractivity contribution is -0.121. The van der Waals surface area contributed by atoms with E-state index >= 15 is 0 Å². The summed E-state index contributed by atoms with van der Waals surface area (Å²) in [5, 5.41) is 17.7. The maximum absolute atomic E-state index is 11.9. The van der Waals surface area contributed by atoms with Crippen LogP contribution in [0.25, 0.3) is 0 Å². The molecule has 0 heterocycles. The minimum Gasteiger partial charge on any atom is -0.396 e. The Morgan fingerprint density at radius 1 is 1.14 bits per heavy atom. The van der Waals surface area contributed by atoms with Crippen LogP contribution in [0.5, 0.6) is 0 Å². The first-order valence-electron chi connectivity index (χ1n) is 8.47. The van der Waals surface area contributed by atoms with Crippen LogP contribution in [-0.2, 0) is 4.79 Å². The Labute approximate surface area is 133 Å². The summed E-state index contributed by atoms with van der Waals surface area (Å²) in [7, 11) is 0. The standard InChI is InChI=1S/C16H31N3O3/c1-12(2)18-15(21)8-10-17-16(22)19-14(9-11-20)13-6-4-3-5-7-13/h12-14,20H,3-11H2,1-2H3,(H,18,21)(H2,17,19,22). The first kappa shape index (κ1) is 18.7. The molecule has 0 aliphatic heterocycles. The molecular weight excluding hydrogens is 282 g/mol. The van der Waals surface area contributed by atoms with Crippen molar-refractivity contribution in [2.45, 2.75) is 70.9 Å². The predicted octanol–water partition coefficient (Wildman–Crippen LogP) is 1.53. The van der Waals surface area contributed by atoms with Crippen LogP contribution in [0.4, 0.5) is 4.79 Å². The molecule has 1 rings (SSSR count). The minimum atomic E-state index is -0.249. The van der Waals surface area contributed by atoms with Crippen molar-refractivity contribution in [2.75, 3.05) is 13.2 Å². The van der Waals surface area contributed by atoms with Crippen LogP contribution in [0.1, 0.15) is 58.8 Å². The van der Waals surface area contributed by atoms with Crippen molar-refractivity contribution in [3.8, 4) is 0 Å². The SMILES string of the molecule is CC(C)NC(=O)CCNC(=O)NC(CCO)C1CCCCC1. The maximum Gasteiger partial charge on any atom is 0.315 e. The van der Waals surface area contributed by atoms with Crippen molar-refractivity contribution in [3.63, 3.8) is 0 Å². The number of rotatable bonds is 8. The molecule has 0 spiro atoms. The third-order valence-corrected chi connectivity index (χ3v) is 4.06. The summed E-state index contributed by atoms with van der Waals surface area (Å²) in [4.78, 5) is 23.4. The Bertz CT molecular complexity index is 342. The highest BCUT2D eigenvalue weighted by atomic mass is 16.3. The summed E-state index contributed by atoms with van der Waals surface area (Å²) >= 11 is 0. The van der Waals surface area contributed by atoms with Gasteiger partial charge < -0.3 is 21.1 Å². The molecule has 1 aliphatic rings. The first-order valence-corrected chi connectivity index (χ1v) is 8.47. The maximum atomic E-state index is 11.9. The molecule has 0 saturated heterocycles. The molecule has 3 amide bonds. The van der Waals surface area contributed by atoms with Crippen LogP contribution in [0.2, 0.25) is 0 Å². The van der Waals surface area contributed by atoms with Gasteiger partial charge in [0.05, 0.1) is 0 Å². The average molecular weight is 313 g/mol. The number of nitrogens with one attached hydrogen (secondary N) is 3. The highest BCUT2D eigenvalue weighted by Gasteiger charge is 2.24. The average Bonchev–Trinajstić information content (AvgIpc) is 2.47. The number of carbonyl (C=O) groups is 2. The van der Waals surface area contributed by atoms with E-state index in [4.69, 9.17) is 0 Å². The number of carbonyl (C=O) groups excluding carboxylic acids is 2. The van der Waals surface area contributed by atoms with Gasteiger partial charge in [-0.05, 0) is 39.0 Å². The lowest BCUT2D eigenvalue weighted by Crippen LogP contribution is -2.47. The van der Waals surface area contributed by atoms with E-state index in [1.165, 1.54) is 19.3 Å². The molecule has 1 saturated carbocycles.